The molecular formula is C17H24N2S. The van der Waals surface area contributed by atoms with Gasteiger partial charge in [-0.2, -0.15) is 0 Å². The summed E-state index contributed by atoms with van der Waals surface area (Å²) >= 11 is 1.84. The molecule has 20 heavy (non-hydrogen) atoms. The summed E-state index contributed by atoms with van der Waals surface area (Å²) in [5, 5.41) is 2.16. The fourth-order valence-corrected chi connectivity index (χ4v) is 2.88. The second kappa shape index (κ2) is 7.58. The summed E-state index contributed by atoms with van der Waals surface area (Å²) in [6.07, 6.45) is 0. The summed E-state index contributed by atoms with van der Waals surface area (Å²) < 4.78 is 0. The minimum atomic E-state index is 1.02. The maximum absolute atomic E-state index is 2.52. The van der Waals surface area contributed by atoms with E-state index < -0.39 is 0 Å². The monoisotopic (exact) mass is 288 g/mol. The maximum Gasteiger partial charge on any atom is 0.0331 e. The van der Waals surface area contributed by atoms with E-state index in [0.717, 1.165) is 26.2 Å². The minimum absolute atomic E-state index is 1.02. The third-order valence-electron chi connectivity index (χ3n) is 3.35. The molecule has 0 aliphatic rings. The molecule has 0 N–H and O–H groups in total. The summed E-state index contributed by atoms with van der Waals surface area (Å²) in [4.78, 5) is 6.21. The maximum atomic E-state index is 2.52. The molecule has 0 spiro atoms. The lowest BCUT2D eigenvalue weighted by Gasteiger charge is -2.23. The van der Waals surface area contributed by atoms with Crippen molar-refractivity contribution in [3.8, 4) is 0 Å². The Hall–Kier alpha value is -1.16. The smallest absolute Gasteiger partial charge is 0.0331 e. The van der Waals surface area contributed by atoms with Crippen molar-refractivity contribution in [3.05, 3.63) is 57.8 Å². The highest BCUT2D eigenvalue weighted by molar-refractivity contribution is 7.09. The molecule has 2 aromatic rings. The predicted molar refractivity (Wildman–Crippen MR) is 88.2 cm³/mol. The van der Waals surface area contributed by atoms with Crippen molar-refractivity contribution in [2.45, 2.75) is 20.0 Å². The number of benzene rings is 1. The molecule has 3 heteroatoms. The second-order valence-electron chi connectivity index (χ2n) is 5.58. The number of nitrogens with zero attached hydrogens (tertiary/aromatic N) is 2. The Morgan fingerprint density at radius 1 is 0.950 bits per heavy atom. The molecule has 0 aliphatic carbocycles. The van der Waals surface area contributed by atoms with E-state index in [9.17, 15) is 0 Å². The molecule has 0 aliphatic heterocycles. The van der Waals surface area contributed by atoms with E-state index >= 15 is 0 Å². The van der Waals surface area contributed by atoms with E-state index in [2.05, 4.69) is 72.6 Å². The van der Waals surface area contributed by atoms with Crippen LogP contribution in [-0.4, -0.2) is 37.0 Å². The van der Waals surface area contributed by atoms with Gasteiger partial charge in [-0.3, -0.25) is 4.90 Å². The van der Waals surface area contributed by atoms with Crippen LogP contribution in [0.2, 0.25) is 0 Å². The van der Waals surface area contributed by atoms with Crippen molar-refractivity contribution in [1.82, 2.24) is 9.80 Å². The third kappa shape index (κ3) is 5.08. The largest absolute Gasteiger partial charge is 0.308 e. The first kappa shape index (κ1) is 15.2. The van der Waals surface area contributed by atoms with E-state index in [1.807, 2.05) is 11.3 Å². The molecule has 0 amide bonds. The van der Waals surface area contributed by atoms with Crippen LogP contribution in [0.3, 0.4) is 0 Å². The standard InChI is InChI=1S/C17H24N2S/c1-15-6-8-16(9-7-15)13-19(11-10-18(2)3)14-17-5-4-12-20-17/h4-9,12H,10-11,13-14H2,1-3H3. The predicted octanol–water partition coefficient (Wildman–Crippen LogP) is 3.62. The third-order valence-corrected chi connectivity index (χ3v) is 4.21. The van der Waals surface area contributed by atoms with Gasteiger partial charge in [0.15, 0.2) is 0 Å². The number of rotatable bonds is 7. The van der Waals surface area contributed by atoms with Gasteiger partial charge in [0.1, 0.15) is 0 Å². The lowest BCUT2D eigenvalue weighted by molar-refractivity contribution is 0.228. The average Bonchev–Trinajstić information content (AvgIpc) is 2.91. The van der Waals surface area contributed by atoms with Crippen LogP contribution in [0.4, 0.5) is 0 Å². The zero-order valence-electron chi connectivity index (χ0n) is 12.7. The molecule has 0 saturated heterocycles. The van der Waals surface area contributed by atoms with Crippen LogP contribution >= 0.6 is 11.3 Å². The summed E-state index contributed by atoms with van der Waals surface area (Å²) in [6.45, 7) is 6.39. The highest BCUT2D eigenvalue weighted by Gasteiger charge is 2.08. The molecule has 0 radical (unpaired) electrons. The van der Waals surface area contributed by atoms with Crippen molar-refractivity contribution >= 4 is 11.3 Å². The molecule has 0 fully saturated rings. The van der Waals surface area contributed by atoms with Gasteiger partial charge in [-0.15, -0.1) is 11.3 Å². The molecular weight excluding hydrogens is 264 g/mol. The van der Waals surface area contributed by atoms with Crippen molar-refractivity contribution in [1.29, 1.82) is 0 Å². The fraction of sp³-hybridized carbons (Fsp3) is 0.412. The molecule has 1 aromatic carbocycles. The first-order valence-electron chi connectivity index (χ1n) is 7.08. The van der Waals surface area contributed by atoms with Crippen LogP contribution in [0.1, 0.15) is 16.0 Å². The number of aryl methyl sites for hydroxylation is 1. The van der Waals surface area contributed by atoms with E-state index in [1.54, 1.807) is 0 Å². The summed E-state index contributed by atoms with van der Waals surface area (Å²) in [5.74, 6) is 0. The highest BCUT2D eigenvalue weighted by Crippen LogP contribution is 2.14. The van der Waals surface area contributed by atoms with Gasteiger partial charge in [-0.1, -0.05) is 35.9 Å². The first-order chi connectivity index (χ1) is 9.63. The zero-order valence-corrected chi connectivity index (χ0v) is 13.5. The lowest BCUT2D eigenvalue weighted by Crippen LogP contribution is -2.30. The van der Waals surface area contributed by atoms with Crippen molar-refractivity contribution in [2.24, 2.45) is 0 Å². The quantitative estimate of drug-likeness (QED) is 0.768. The van der Waals surface area contributed by atoms with Gasteiger partial charge >= 0.3 is 0 Å². The minimum Gasteiger partial charge on any atom is -0.308 e. The van der Waals surface area contributed by atoms with Gasteiger partial charge in [-0.05, 0) is 38.0 Å². The van der Waals surface area contributed by atoms with Gasteiger partial charge in [0.05, 0.1) is 0 Å². The van der Waals surface area contributed by atoms with Gasteiger partial charge in [0.2, 0.25) is 0 Å². The fourth-order valence-electron chi connectivity index (χ4n) is 2.13. The van der Waals surface area contributed by atoms with Crippen LogP contribution in [0, 0.1) is 6.92 Å². The molecule has 1 aromatic heterocycles. The summed E-state index contributed by atoms with van der Waals surface area (Å²) in [6, 6.07) is 13.2. The Kier molecular flexibility index (Phi) is 5.77. The second-order valence-corrected chi connectivity index (χ2v) is 6.61. The molecule has 0 bridgehead atoms. The van der Waals surface area contributed by atoms with E-state index in [-0.39, 0.29) is 0 Å². The van der Waals surface area contributed by atoms with Crippen molar-refractivity contribution in [2.75, 3.05) is 27.2 Å². The number of hydrogen-bond donors (Lipinski definition) is 0. The Balaban J connectivity index is 1.99. The molecule has 2 nitrogen and oxygen atoms in total. The van der Waals surface area contributed by atoms with E-state index in [1.165, 1.54) is 16.0 Å². The number of thiophene rings is 1. The molecule has 2 rings (SSSR count). The molecule has 1 heterocycles. The number of likely N-dealkylation sites (N-methyl/N-ethyl adjacent to an activating group) is 1. The number of hydrogen-bond acceptors (Lipinski definition) is 3. The van der Waals surface area contributed by atoms with Crippen LogP contribution in [-0.2, 0) is 13.1 Å². The lowest BCUT2D eigenvalue weighted by atomic mass is 10.1. The Morgan fingerprint density at radius 2 is 1.70 bits per heavy atom. The SMILES string of the molecule is Cc1ccc(CN(CCN(C)C)Cc2cccs2)cc1. The molecule has 0 atom stereocenters. The molecule has 0 saturated carbocycles. The Morgan fingerprint density at radius 3 is 2.30 bits per heavy atom. The van der Waals surface area contributed by atoms with Crippen LogP contribution in [0.25, 0.3) is 0 Å². The zero-order chi connectivity index (χ0) is 14.4. The first-order valence-corrected chi connectivity index (χ1v) is 7.96. The van der Waals surface area contributed by atoms with Gasteiger partial charge in [-0.25, -0.2) is 0 Å². The highest BCUT2D eigenvalue weighted by atomic mass is 32.1. The summed E-state index contributed by atoms with van der Waals surface area (Å²) in [5.41, 5.74) is 2.72. The van der Waals surface area contributed by atoms with Crippen LogP contribution < -0.4 is 0 Å². The van der Waals surface area contributed by atoms with Crippen molar-refractivity contribution < 1.29 is 0 Å². The molecule has 108 valence electrons. The van der Waals surface area contributed by atoms with Crippen LogP contribution in [0.5, 0.6) is 0 Å². The molecule has 0 unspecified atom stereocenters. The van der Waals surface area contributed by atoms with Crippen LogP contribution in [0.15, 0.2) is 41.8 Å². The topological polar surface area (TPSA) is 6.48 Å². The van der Waals surface area contributed by atoms with Gasteiger partial charge in [0, 0.05) is 31.1 Å². The van der Waals surface area contributed by atoms with E-state index in [0.29, 0.717) is 0 Å². The Bertz CT molecular complexity index is 488. The van der Waals surface area contributed by atoms with Gasteiger partial charge < -0.3 is 4.90 Å². The summed E-state index contributed by atoms with van der Waals surface area (Å²) in [7, 11) is 4.27. The average molecular weight is 288 g/mol. The van der Waals surface area contributed by atoms with Crippen molar-refractivity contribution in [3.63, 3.8) is 0 Å². The Labute approximate surface area is 126 Å². The van der Waals surface area contributed by atoms with Gasteiger partial charge in [0.25, 0.3) is 0 Å². The van der Waals surface area contributed by atoms with E-state index in [4.69, 9.17) is 0 Å². The normalized spacial score (nSPS) is 11.4.